The maximum atomic E-state index is 12.0. The lowest BCUT2D eigenvalue weighted by atomic mass is 10.2. The summed E-state index contributed by atoms with van der Waals surface area (Å²) in [5.74, 6) is -0.225. The first kappa shape index (κ1) is 24.7. The number of imide groups is 2. The Kier molecular flexibility index (Phi) is 7.87. The van der Waals surface area contributed by atoms with Gasteiger partial charge >= 0.3 is 0 Å². The predicted molar refractivity (Wildman–Crippen MR) is 130 cm³/mol. The van der Waals surface area contributed by atoms with E-state index in [1.165, 1.54) is 0 Å². The molecule has 2 aliphatic rings. The molecule has 12 heteroatoms. The Morgan fingerprint density at radius 3 is 1.26 bits per heavy atom. The number of amides is 4. The molecule has 0 bridgehead atoms. The zero-order valence-electron chi connectivity index (χ0n) is 18.2. The molecule has 4 amide bonds. The topological polar surface area (TPSA) is 117 Å². The van der Waals surface area contributed by atoms with Crippen molar-refractivity contribution in [2.45, 2.75) is 0 Å². The van der Waals surface area contributed by atoms with Crippen molar-refractivity contribution >= 4 is 58.3 Å². The number of ether oxygens (including phenoxy) is 2. The number of rotatable bonds is 4. The quantitative estimate of drug-likeness (QED) is 0.467. The number of carbonyl (C=O) groups excluding carboxylic acids is 4. The average molecular weight is 501 g/mol. The lowest BCUT2D eigenvalue weighted by Crippen LogP contribution is -2.36. The molecule has 2 heterocycles. The fraction of sp³-hybridized carbons (Fsp3) is 0.182. The van der Waals surface area contributed by atoms with Crippen LogP contribution in [-0.4, -0.2) is 71.0 Å². The molecule has 0 saturated carbocycles. The minimum atomic E-state index is -0.423. The van der Waals surface area contributed by atoms with Crippen LogP contribution in [0, 0.1) is 0 Å². The van der Waals surface area contributed by atoms with Gasteiger partial charge in [-0.15, -0.1) is 0 Å². The molecule has 34 heavy (non-hydrogen) atoms. The van der Waals surface area contributed by atoms with Crippen molar-refractivity contribution in [1.82, 2.24) is 20.4 Å². The van der Waals surface area contributed by atoms with Crippen molar-refractivity contribution in [3.63, 3.8) is 0 Å². The standard InChI is InChI=1S/2C11H10N2O3S/c2*1-16-8-4-2-7(3-5-8)10(15)13-9(14)6-12-11(13)17/h2*2-5H,6H2,1H3,(H,12,17). The third-order valence-electron chi connectivity index (χ3n) is 4.77. The average Bonchev–Trinajstić information content (AvgIpc) is 3.38. The summed E-state index contributed by atoms with van der Waals surface area (Å²) < 4.78 is 9.97. The first-order valence-corrected chi connectivity index (χ1v) is 10.7. The van der Waals surface area contributed by atoms with Gasteiger partial charge in [0.25, 0.3) is 23.6 Å². The number of benzene rings is 2. The first-order valence-electron chi connectivity index (χ1n) is 9.85. The van der Waals surface area contributed by atoms with E-state index in [1.807, 2.05) is 0 Å². The molecule has 0 atom stereocenters. The summed E-state index contributed by atoms with van der Waals surface area (Å²) in [6, 6.07) is 13.0. The molecule has 10 nitrogen and oxygen atoms in total. The van der Waals surface area contributed by atoms with Crippen LogP contribution in [0.25, 0.3) is 0 Å². The number of hydrogen-bond acceptors (Lipinski definition) is 8. The van der Waals surface area contributed by atoms with Crippen LogP contribution in [0.2, 0.25) is 0 Å². The Morgan fingerprint density at radius 1 is 0.706 bits per heavy atom. The molecule has 2 aromatic rings. The second-order valence-corrected chi connectivity index (χ2v) is 7.62. The van der Waals surface area contributed by atoms with Gasteiger partial charge in [0.2, 0.25) is 0 Å². The fourth-order valence-corrected chi connectivity index (χ4v) is 3.50. The third-order valence-corrected chi connectivity index (χ3v) is 5.42. The van der Waals surface area contributed by atoms with Crippen LogP contribution in [0.3, 0.4) is 0 Å². The molecule has 2 aliphatic heterocycles. The summed E-state index contributed by atoms with van der Waals surface area (Å²) in [5, 5.41) is 5.61. The van der Waals surface area contributed by atoms with E-state index in [9.17, 15) is 19.2 Å². The SMILES string of the molecule is COc1ccc(C(=O)N2C(=O)CNC2=S)cc1.COc1ccc(C(=O)N2C(=O)CNC2=S)cc1. The fourth-order valence-electron chi connectivity index (χ4n) is 2.98. The normalized spacial score (nSPS) is 14.8. The number of methoxy groups -OCH3 is 2. The first-order chi connectivity index (χ1) is 16.3. The molecule has 4 rings (SSSR count). The van der Waals surface area contributed by atoms with Crippen molar-refractivity contribution < 1.29 is 28.7 Å². The van der Waals surface area contributed by atoms with Crippen LogP contribution in [0.15, 0.2) is 48.5 Å². The highest BCUT2D eigenvalue weighted by atomic mass is 32.1. The van der Waals surface area contributed by atoms with Gasteiger partial charge in [-0.2, -0.15) is 0 Å². The molecule has 2 N–H and O–H groups in total. The van der Waals surface area contributed by atoms with Crippen LogP contribution < -0.4 is 20.1 Å². The van der Waals surface area contributed by atoms with Gasteiger partial charge in [0.05, 0.1) is 27.3 Å². The summed E-state index contributed by atoms with van der Waals surface area (Å²) in [6.45, 7) is 0.140. The van der Waals surface area contributed by atoms with Crippen molar-refractivity contribution in [2.75, 3.05) is 27.3 Å². The molecule has 0 spiro atoms. The number of nitrogens with zero attached hydrogens (tertiary/aromatic N) is 2. The van der Waals surface area contributed by atoms with Gasteiger partial charge < -0.3 is 20.1 Å². The second kappa shape index (κ2) is 10.8. The summed E-state index contributed by atoms with van der Waals surface area (Å²) in [7, 11) is 3.08. The Hall–Kier alpha value is -3.90. The number of carbonyl (C=O) groups is 4. The van der Waals surface area contributed by atoms with Crippen molar-refractivity contribution in [3.05, 3.63) is 59.7 Å². The smallest absolute Gasteiger partial charge is 0.266 e. The van der Waals surface area contributed by atoms with E-state index < -0.39 is 11.8 Å². The molecular weight excluding hydrogens is 480 g/mol. The predicted octanol–water partition coefficient (Wildman–Crippen LogP) is 1.10. The summed E-state index contributed by atoms with van der Waals surface area (Å²) >= 11 is 9.78. The molecule has 0 aliphatic carbocycles. The van der Waals surface area contributed by atoms with E-state index >= 15 is 0 Å². The molecular formula is C22H20N4O6S2. The molecule has 0 radical (unpaired) electrons. The molecule has 0 unspecified atom stereocenters. The molecule has 0 aromatic heterocycles. The van der Waals surface area contributed by atoms with Crippen LogP contribution in [0.5, 0.6) is 11.5 Å². The van der Waals surface area contributed by atoms with E-state index in [1.54, 1.807) is 62.8 Å². The van der Waals surface area contributed by atoms with Crippen molar-refractivity contribution in [2.24, 2.45) is 0 Å². The molecule has 2 fully saturated rings. The van der Waals surface area contributed by atoms with Gasteiger partial charge in [-0.05, 0) is 73.0 Å². The van der Waals surface area contributed by atoms with E-state index in [0.717, 1.165) is 9.80 Å². The number of thiocarbonyl (C=S) groups is 2. The maximum absolute atomic E-state index is 12.0. The van der Waals surface area contributed by atoms with Crippen LogP contribution in [0.4, 0.5) is 0 Å². The zero-order valence-corrected chi connectivity index (χ0v) is 19.8. The van der Waals surface area contributed by atoms with Gasteiger partial charge in [-0.3, -0.25) is 19.2 Å². The van der Waals surface area contributed by atoms with Gasteiger partial charge in [0.15, 0.2) is 10.2 Å². The highest BCUT2D eigenvalue weighted by Gasteiger charge is 2.32. The minimum Gasteiger partial charge on any atom is -0.497 e. The monoisotopic (exact) mass is 500 g/mol. The van der Waals surface area contributed by atoms with E-state index in [2.05, 4.69) is 10.6 Å². The Bertz CT molecular complexity index is 1030. The van der Waals surface area contributed by atoms with Crippen LogP contribution in [0.1, 0.15) is 20.7 Å². The van der Waals surface area contributed by atoms with E-state index in [4.69, 9.17) is 33.9 Å². The van der Waals surface area contributed by atoms with Crippen molar-refractivity contribution in [3.8, 4) is 11.5 Å². The summed E-state index contributed by atoms with van der Waals surface area (Å²) in [4.78, 5) is 48.9. The summed E-state index contributed by atoms with van der Waals surface area (Å²) in [6.07, 6.45) is 0. The molecule has 2 aromatic carbocycles. The van der Waals surface area contributed by atoms with Gasteiger partial charge in [-0.25, -0.2) is 9.80 Å². The Labute approximate surface area is 205 Å². The van der Waals surface area contributed by atoms with Crippen LogP contribution >= 0.6 is 24.4 Å². The third kappa shape index (κ3) is 5.35. The highest BCUT2D eigenvalue weighted by Crippen LogP contribution is 2.15. The van der Waals surface area contributed by atoms with Gasteiger partial charge in [0, 0.05) is 11.1 Å². The van der Waals surface area contributed by atoms with Crippen molar-refractivity contribution in [1.29, 1.82) is 0 Å². The van der Waals surface area contributed by atoms with E-state index in [0.29, 0.717) is 22.6 Å². The second-order valence-electron chi connectivity index (χ2n) is 6.84. The molecule has 176 valence electrons. The lowest BCUT2D eigenvalue weighted by molar-refractivity contribution is -0.123. The highest BCUT2D eigenvalue weighted by molar-refractivity contribution is 7.80. The zero-order chi connectivity index (χ0) is 24.8. The number of nitrogens with one attached hydrogen (secondary N) is 2. The largest absolute Gasteiger partial charge is 0.497 e. The maximum Gasteiger partial charge on any atom is 0.266 e. The Morgan fingerprint density at radius 2 is 1.03 bits per heavy atom. The van der Waals surface area contributed by atoms with E-state index in [-0.39, 0.29) is 35.1 Å². The van der Waals surface area contributed by atoms with Gasteiger partial charge in [0.1, 0.15) is 11.5 Å². The summed E-state index contributed by atoms with van der Waals surface area (Å²) in [5.41, 5.74) is 0.787. The minimum absolute atomic E-state index is 0.0702. The number of hydrogen-bond donors (Lipinski definition) is 2. The van der Waals surface area contributed by atoms with Gasteiger partial charge in [-0.1, -0.05) is 0 Å². The molecule has 2 saturated heterocycles. The van der Waals surface area contributed by atoms with Crippen LogP contribution in [-0.2, 0) is 9.59 Å². The Balaban J connectivity index is 0.000000191. The lowest BCUT2D eigenvalue weighted by Gasteiger charge is -2.12.